The van der Waals surface area contributed by atoms with Gasteiger partial charge in [0.1, 0.15) is 0 Å². The zero-order valence-corrected chi connectivity index (χ0v) is 19.9. The van der Waals surface area contributed by atoms with Crippen LogP contribution >= 0.6 is 11.3 Å². The molecule has 9 nitrogen and oxygen atoms in total. The summed E-state index contributed by atoms with van der Waals surface area (Å²) >= 11 is 1.39. The lowest BCUT2D eigenvalue weighted by molar-refractivity contribution is -0.133. The fraction of sp³-hybridized carbons (Fsp3) is 0.280. The molecule has 0 aliphatic carbocycles. The number of hydrogen-bond donors (Lipinski definition) is 2. The molecule has 0 saturated carbocycles. The minimum Gasteiger partial charge on any atom is -0.371 e. The molecule has 2 fully saturated rings. The number of aromatic nitrogens is 4. The van der Waals surface area contributed by atoms with Crippen LogP contribution in [0.25, 0.3) is 21.5 Å². The molecule has 0 aromatic carbocycles. The van der Waals surface area contributed by atoms with Crippen LogP contribution in [-0.4, -0.2) is 50.4 Å². The Bertz CT molecular complexity index is 1430. The van der Waals surface area contributed by atoms with Crippen molar-refractivity contribution in [1.29, 1.82) is 0 Å². The first kappa shape index (κ1) is 21.6. The Labute approximate surface area is 205 Å². The van der Waals surface area contributed by atoms with Crippen molar-refractivity contribution in [2.24, 2.45) is 0 Å². The molecule has 4 aromatic heterocycles. The molecule has 176 valence electrons. The summed E-state index contributed by atoms with van der Waals surface area (Å²) in [5.74, 6) is -0.130. The van der Waals surface area contributed by atoms with Crippen LogP contribution in [0.4, 0.5) is 10.8 Å². The van der Waals surface area contributed by atoms with Crippen LogP contribution in [0.15, 0.2) is 49.1 Å². The lowest BCUT2D eigenvalue weighted by Crippen LogP contribution is -2.65. The van der Waals surface area contributed by atoms with Crippen molar-refractivity contribution in [3.63, 3.8) is 0 Å². The molecule has 2 N–H and O–H groups in total. The Kier molecular flexibility index (Phi) is 5.18. The van der Waals surface area contributed by atoms with Crippen LogP contribution in [0.1, 0.15) is 35.3 Å². The molecular weight excluding hydrogens is 462 g/mol. The Morgan fingerprint density at radius 3 is 2.63 bits per heavy atom. The second-order valence-electron chi connectivity index (χ2n) is 9.09. The van der Waals surface area contributed by atoms with E-state index in [1.54, 1.807) is 24.8 Å². The summed E-state index contributed by atoms with van der Waals surface area (Å²) in [4.78, 5) is 44.4. The fourth-order valence-electron chi connectivity index (χ4n) is 4.78. The summed E-state index contributed by atoms with van der Waals surface area (Å²) in [6, 6.07) is 7.83. The van der Waals surface area contributed by atoms with Crippen molar-refractivity contribution in [2.75, 3.05) is 23.3 Å². The number of aryl methyl sites for hydroxylation is 1. The predicted molar refractivity (Wildman–Crippen MR) is 135 cm³/mol. The topological polar surface area (TPSA) is 113 Å². The third kappa shape index (κ3) is 4.10. The lowest BCUT2D eigenvalue weighted by Gasteiger charge is -2.48. The van der Waals surface area contributed by atoms with Crippen molar-refractivity contribution in [3.8, 4) is 11.1 Å². The number of anilines is 2. The summed E-state index contributed by atoms with van der Waals surface area (Å²) in [5.41, 5.74) is 4.73. The first-order valence-electron chi connectivity index (χ1n) is 11.5. The summed E-state index contributed by atoms with van der Waals surface area (Å²) in [6.45, 7) is 3.46. The number of rotatable bonds is 4. The molecule has 6 heterocycles. The molecule has 0 radical (unpaired) electrons. The number of hydrogen-bond acceptors (Lipinski definition) is 8. The van der Waals surface area contributed by atoms with E-state index in [0.717, 1.165) is 53.1 Å². The van der Waals surface area contributed by atoms with Crippen LogP contribution in [0.2, 0.25) is 0 Å². The van der Waals surface area contributed by atoms with E-state index < -0.39 is 0 Å². The van der Waals surface area contributed by atoms with Gasteiger partial charge in [-0.1, -0.05) is 11.3 Å². The van der Waals surface area contributed by atoms with Gasteiger partial charge in [-0.15, -0.1) is 0 Å². The molecule has 35 heavy (non-hydrogen) atoms. The van der Waals surface area contributed by atoms with Gasteiger partial charge in [0, 0.05) is 55.6 Å². The maximum atomic E-state index is 13.3. The number of amides is 2. The van der Waals surface area contributed by atoms with Crippen molar-refractivity contribution in [2.45, 2.75) is 31.7 Å². The van der Waals surface area contributed by atoms with Gasteiger partial charge >= 0.3 is 0 Å². The van der Waals surface area contributed by atoms with Gasteiger partial charge in [-0.2, -0.15) is 4.98 Å². The molecule has 2 amide bonds. The number of pyridine rings is 3. The standard InChI is InChI=1S/C25H23N7O2S/c1-15-10-19(32-8-4-25(5-9-32)12-21(33)31-25)18(14-27-15)23(34)30-24-29-22-20(35-24)11-17(13-28-22)16-2-6-26-7-3-16/h2-3,6-7,10-11,13-14H,4-5,8-9,12H2,1H3,(H,31,33)(H,28,29,30,34). The van der Waals surface area contributed by atoms with E-state index in [4.69, 9.17) is 0 Å². The third-order valence-electron chi connectivity index (χ3n) is 6.71. The normalized spacial score (nSPS) is 16.7. The van der Waals surface area contributed by atoms with E-state index in [1.807, 2.05) is 31.2 Å². The number of fused-ring (bicyclic) bond motifs is 1. The van der Waals surface area contributed by atoms with E-state index >= 15 is 0 Å². The zero-order chi connectivity index (χ0) is 24.0. The van der Waals surface area contributed by atoms with Gasteiger partial charge in [0.15, 0.2) is 10.8 Å². The maximum absolute atomic E-state index is 13.3. The summed E-state index contributed by atoms with van der Waals surface area (Å²) < 4.78 is 0.890. The van der Waals surface area contributed by atoms with Gasteiger partial charge < -0.3 is 10.2 Å². The molecule has 4 aromatic rings. The zero-order valence-electron chi connectivity index (χ0n) is 19.1. The number of nitrogens with one attached hydrogen (secondary N) is 2. The summed E-state index contributed by atoms with van der Waals surface area (Å²) in [5, 5.41) is 6.50. The highest BCUT2D eigenvalue weighted by atomic mass is 32.1. The number of piperidine rings is 1. The molecular formula is C25H23N7O2S. The monoisotopic (exact) mass is 485 g/mol. The van der Waals surface area contributed by atoms with Crippen LogP contribution in [0, 0.1) is 6.92 Å². The van der Waals surface area contributed by atoms with E-state index in [9.17, 15) is 9.59 Å². The highest BCUT2D eigenvalue weighted by Crippen LogP contribution is 2.35. The SMILES string of the molecule is Cc1cc(N2CCC3(CC2)CC(=O)N3)c(C(=O)Nc2nc3ncc(-c4ccncc4)cc3s2)cn1. The van der Waals surface area contributed by atoms with Gasteiger partial charge in [0.05, 0.1) is 21.5 Å². The molecule has 0 bridgehead atoms. The molecule has 0 unspecified atom stereocenters. The maximum Gasteiger partial charge on any atom is 0.261 e. The first-order chi connectivity index (χ1) is 17.0. The van der Waals surface area contributed by atoms with E-state index in [1.165, 1.54) is 11.3 Å². The molecule has 6 rings (SSSR count). The molecule has 1 spiro atoms. The van der Waals surface area contributed by atoms with Gasteiger partial charge in [-0.05, 0) is 49.6 Å². The molecule has 10 heteroatoms. The van der Waals surface area contributed by atoms with Crippen LogP contribution < -0.4 is 15.5 Å². The Balaban J connectivity index is 1.22. The number of carbonyl (C=O) groups excluding carboxylic acids is 2. The Morgan fingerprint density at radius 1 is 1.11 bits per heavy atom. The molecule has 2 aliphatic heterocycles. The van der Waals surface area contributed by atoms with Crippen LogP contribution in [0.3, 0.4) is 0 Å². The average Bonchev–Trinajstić information content (AvgIpc) is 3.25. The van der Waals surface area contributed by atoms with E-state index in [2.05, 4.69) is 35.5 Å². The fourth-order valence-corrected chi connectivity index (χ4v) is 5.64. The van der Waals surface area contributed by atoms with E-state index in [0.29, 0.717) is 22.8 Å². The van der Waals surface area contributed by atoms with Crippen molar-refractivity contribution in [1.82, 2.24) is 25.3 Å². The highest BCUT2D eigenvalue weighted by Gasteiger charge is 2.45. The van der Waals surface area contributed by atoms with Crippen molar-refractivity contribution in [3.05, 3.63) is 60.3 Å². The summed E-state index contributed by atoms with van der Waals surface area (Å²) in [6.07, 6.45) is 9.22. The van der Waals surface area contributed by atoms with Gasteiger partial charge in [0.2, 0.25) is 5.91 Å². The number of carbonyl (C=O) groups is 2. The van der Waals surface area contributed by atoms with Gasteiger partial charge in [-0.25, -0.2) is 4.98 Å². The third-order valence-corrected chi connectivity index (χ3v) is 7.62. The predicted octanol–water partition coefficient (Wildman–Crippen LogP) is 3.57. The largest absolute Gasteiger partial charge is 0.371 e. The second-order valence-corrected chi connectivity index (χ2v) is 10.1. The number of nitrogens with zero attached hydrogens (tertiary/aromatic N) is 5. The molecule has 2 aliphatic rings. The minimum absolute atomic E-state index is 0.0683. The Hall–Kier alpha value is -3.92. The smallest absolute Gasteiger partial charge is 0.261 e. The molecule has 2 saturated heterocycles. The highest BCUT2D eigenvalue weighted by molar-refractivity contribution is 7.22. The van der Waals surface area contributed by atoms with Crippen LogP contribution in [0.5, 0.6) is 0 Å². The average molecular weight is 486 g/mol. The molecule has 0 atom stereocenters. The van der Waals surface area contributed by atoms with Gasteiger partial charge in [-0.3, -0.25) is 24.9 Å². The quantitative estimate of drug-likeness (QED) is 0.425. The number of β-lactam (4-membered cyclic amide) rings is 1. The summed E-state index contributed by atoms with van der Waals surface area (Å²) in [7, 11) is 0. The van der Waals surface area contributed by atoms with Crippen molar-refractivity contribution >= 4 is 44.3 Å². The lowest BCUT2D eigenvalue weighted by atomic mass is 9.78. The van der Waals surface area contributed by atoms with Gasteiger partial charge in [0.25, 0.3) is 5.91 Å². The Morgan fingerprint density at radius 2 is 1.89 bits per heavy atom. The number of thiazole rings is 1. The van der Waals surface area contributed by atoms with Crippen LogP contribution in [-0.2, 0) is 4.79 Å². The first-order valence-corrected chi connectivity index (χ1v) is 12.3. The minimum atomic E-state index is -0.252. The van der Waals surface area contributed by atoms with E-state index in [-0.39, 0.29) is 17.4 Å². The second kappa shape index (κ2) is 8.38. The van der Waals surface area contributed by atoms with Crippen molar-refractivity contribution < 1.29 is 9.59 Å².